The molecule has 0 aliphatic carbocycles. The minimum absolute atomic E-state index is 0.0194. The zero-order chi connectivity index (χ0) is 15.2. The predicted molar refractivity (Wildman–Crippen MR) is 74.5 cm³/mol. The molecule has 0 heterocycles. The van der Waals surface area contributed by atoms with Gasteiger partial charge in [0, 0.05) is 12.3 Å². The van der Waals surface area contributed by atoms with Crippen molar-refractivity contribution < 1.29 is 14.4 Å². The van der Waals surface area contributed by atoms with Gasteiger partial charge in [-0.1, -0.05) is 27.7 Å². The molecule has 5 heteroatoms. The Morgan fingerprint density at radius 1 is 0.842 bits per heavy atom. The smallest absolute Gasteiger partial charge is 0.242 e. The van der Waals surface area contributed by atoms with Gasteiger partial charge in [0.1, 0.15) is 6.04 Å². The molecule has 0 aromatic rings. The van der Waals surface area contributed by atoms with E-state index in [0.717, 1.165) is 0 Å². The van der Waals surface area contributed by atoms with Gasteiger partial charge >= 0.3 is 0 Å². The fourth-order valence-corrected chi connectivity index (χ4v) is 1.65. The lowest BCUT2D eigenvalue weighted by Gasteiger charge is -2.19. The van der Waals surface area contributed by atoms with Gasteiger partial charge in [0.15, 0.2) is 5.78 Å². The highest BCUT2D eigenvalue weighted by atomic mass is 16.2. The van der Waals surface area contributed by atoms with Crippen LogP contribution in [0.15, 0.2) is 0 Å². The van der Waals surface area contributed by atoms with E-state index in [1.807, 2.05) is 13.8 Å². The molecule has 0 saturated carbocycles. The average molecular weight is 270 g/mol. The maximum atomic E-state index is 11.8. The van der Waals surface area contributed by atoms with Crippen LogP contribution in [-0.4, -0.2) is 29.7 Å². The number of ketones is 1. The Morgan fingerprint density at radius 2 is 1.37 bits per heavy atom. The van der Waals surface area contributed by atoms with Crippen LogP contribution in [0.2, 0.25) is 0 Å². The summed E-state index contributed by atoms with van der Waals surface area (Å²) in [6.07, 6.45) is 0.387. The van der Waals surface area contributed by atoms with Gasteiger partial charge in [-0.05, 0) is 19.8 Å². The molecule has 5 nitrogen and oxygen atoms in total. The van der Waals surface area contributed by atoms with Gasteiger partial charge < -0.3 is 10.6 Å². The van der Waals surface area contributed by atoms with Crippen molar-refractivity contribution in [3.05, 3.63) is 0 Å². The number of nitrogens with one attached hydrogen (secondary N) is 2. The molecule has 0 saturated heterocycles. The molecule has 0 fully saturated rings. The number of Topliss-reactive ketones (excluding diaryl/α,β-unsaturated/α-hetero) is 1. The van der Waals surface area contributed by atoms with Crippen LogP contribution in [0.4, 0.5) is 0 Å². The van der Waals surface area contributed by atoms with E-state index in [4.69, 9.17) is 0 Å². The van der Waals surface area contributed by atoms with Crippen LogP contribution < -0.4 is 10.6 Å². The van der Waals surface area contributed by atoms with E-state index in [2.05, 4.69) is 10.6 Å². The number of hydrogen-bond donors (Lipinski definition) is 2. The molecule has 0 aromatic heterocycles. The number of rotatable bonds is 7. The molecule has 2 N–H and O–H groups in total. The Morgan fingerprint density at radius 3 is 1.79 bits per heavy atom. The molecule has 0 unspecified atom stereocenters. The van der Waals surface area contributed by atoms with Crippen molar-refractivity contribution in [3.8, 4) is 0 Å². The van der Waals surface area contributed by atoms with E-state index in [-0.39, 0.29) is 29.4 Å². The number of hydrogen-bond acceptors (Lipinski definition) is 3. The first-order chi connectivity index (χ1) is 8.65. The maximum absolute atomic E-state index is 11.8. The molecule has 0 aliphatic rings. The number of amides is 2. The SMILES string of the molecule is CC(C)CC(=O)N[C@@H](C)C(=O)N[C@@H](C)C(=O)C(C)C. The van der Waals surface area contributed by atoms with Crippen LogP contribution in [0.1, 0.15) is 48.0 Å². The lowest BCUT2D eigenvalue weighted by atomic mass is 10.0. The van der Waals surface area contributed by atoms with Crippen LogP contribution >= 0.6 is 0 Å². The van der Waals surface area contributed by atoms with Crippen molar-refractivity contribution in [1.82, 2.24) is 10.6 Å². The van der Waals surface area contributed by atoms with Gasteiger partial charge in [-0.2, -0.15) is 0 Å². The Kier molecular flexibility index (Phi) is 7.34. The molecule has 19 heavy (non-hydrogen) atoms. The second-order valence-electron chi connectivity index (χ2n) is 5.67. The monoisotopic (exact) mass is 270 g/mol. The Labute approximate surface area is 115 Å². The van der Waals surface area contributed by atoms with E-state index < -0.39 is 12.1 Å². The van der Waals surface area contributed by atoms with Crippen molar-refractivity contribution in [3.63, 3.8) is 0 Å². The zero-order valence-electron chi connectivity index (χ0n) is 12.7. The Balaban J connectivity index is 4.27. The van der Waals surface area contributed by atoms with Crippen molar-refractivity contribution in [1.29, 1.82) is 0 Å². The van der Waals surface area contributed by atoms with Crippen LogP contribution in [0.5, 0.6) is 0 Å². The average Bonchev–Trinajstić information content (AvgIpc) is 2.25. The molecule has 0 aromatic carbocycles. The minimum atomic E-state index is -0.631. The Bertz CT molecular complexity index is 338. The molecule has 0 bridgehead atoms. The van der Waals surface area contributed by atoms with Gasteiger partial charge in [-0.3, -0.25) is 14.4 Å². The number of carbonyl (C=O) groups is 3. The van der Waals surface area contributed by atoms with Crippen molar-refractivity contribution in [2.75, 3.05) is 0 Å². The molecule has 2 atom stereocenters. The molecule has 110 valence electrons. The first kappa shape index (κ1) is 17.6. The third-order valence-corrected chi connectivity index (χ3v) is 2.72. The van der Waals surface area contributed by atoms with Gasteiger partial charge in [-0.25, -0.2) is 0 Å². The minimum Gasteiger partial charge on any atom is -0.345 e. The first-order valence-electron chi connectivity index (χ1n) is 6.78. The summed E-state index contributed by atoms with van der Waals surface area (Å²) in [6.45, 7) is 10.7. The third kappa shape index (κ3) is 6.94. The summed E-state index contributed by atoms with van der Waals surface area (Å²) in [5.41, 5.74) is 0. The van der Waals surface area contributed by atoms with Crippen molar-refractivity contribution in [2.24, 2.45) is 11.8 Å². The summed E-state index contributed by atoms with van der Waals surface area (Å²) in [6, 6.07) is -1.16. The quantitative estimate of drug-likeness (QED) is 0.731. The second kappa shape index (κ2) is 7.92. The van der Waals surface area contributed by atoms with E-state index in [9.17, 15) is 14.4 Å². The molecular weight excluding hydrogens is 244 g/mol. The van der Waals surface area contributed by atoms with Crippen LogP contribution in [0, 0.1) is 11.8 Å². The van der Waals surface area contributed by atoms with Crippen LogP contribution in [-0.2, 0) is 14.4 Å². The van der Waals surface area contributed by atoms with Gasteiger partial charge in [-0.15, -0.1) is 0 Å². The molecule has 0 radical (unpaired) electrons. The molecule has 0 rings (SSSR count). The largest absolute Gasteiger partial charge is 0.345 e. The normalized spacial score (nSPS) is 14.1. The first-order valence-corrected chi connectivity index (χ1v) is 6.78. The summed E-state index contributed by atoms with van der Waals surface area (Å²) in [5, 5.41) is 5.24. The highest BCUT2D eigenvalue weighted by Gasteiger charge is 2.22. The highest BCUT2D eigenvalue weighted by Crippen LogP contribution is 2.01. The molecular formula is C14H26N2O3. The molecule has 2 amide bonds. The summed E-state index contributed by atoms with van der Waals surface area (Å²) in [4.78, 5) is 35.0. The second-order valence-corrected chi connectivity index (χ2v) is 5.67. The van der Waals surface area contributed by atoms with Gasteiger partial charge in [0.2, 0.25) is 11.8 Å². The standard InChI is InChI=1S/C14H26N2O3/c1-8(2)7-12(17)15-11(6)14(19)16-10(5)13(18)9(3)4/h8-11H,7H2,1-6H3,(H,15,17)(H,16,19)/t10-,11-/m0/s1. The fraction of sp³-hybridized carbons (Fsp3) is 0.786. The van der Waals surface area contributed by atoms with Crippen LogP contribution in [0.25, 0.3) is 0 Å². The van der Waals surface area contributed by atoms with Gasteiger partial charge in [0.25, 0.3) is 0 Å². The molecule has 0 aliphatic heterocycles. The lowest BCUT2D eigenvalue weighted by Crippen LogP contribution is -2.50. The van der Waals surface area contributed by atoms with Gasteiger partial charge in [0.05, 0.1) is 6.04 Å². The third-order valence-electron chi connectivity index (χ3n) is 2.72. The van der Waals surface area contributed by atoms with E-state index >= 15 is 0 Å². The Hall–Kier alpha value is -1.39. The number of carbonyl (C=O) groups excluding carboxylic acids is 3. The summed E-state index contributed by atoms with van der Waals surface area (Å²) in [5.74, 6) is -0.383. The topological polar surface area (TPSA) is 75.3 Å². The zero-order valence-corrected chi connectivity index (χ0v) is 12.7. The van der Waals surface area contributed by atoms with Crippen molar-refractivity contribution in [2.45, 2.75) is 60.0 Å². The fourth-order valence-electron chi connectivity index (χ4n) is 1.65. The molecule has 0 spiro atoms. The van der Waals surface area contributed by atoms with E-state index in [0.29, 0.717) is 6.42 Å². The summed E-state index contributed by atoms with van der Waals surface area (Å²) < 4.78 is 0. The van der Waals surface area contributed by atoms with E-state index in [1.54, 1.807) is 27.7 Å². The van der Waals surface area contributed by atoms with Crippen molar-refractivity contribution >= 4 is 17.6 Å². The predicted octanol–water partition coefficient (Wildman–Crippen LogP) is 1.27. The van der Waals surface area contributed by atoms with Crippen LogP contribution in [0.3, 0.4) is 0 Å². The van der Waals surface area contributed by atoms with E-state index in [1.165, 1.54) is 0 Å². The summed E-state index contributed by atoms with van der Waals surface area (Å²) in [7, 11) is 0. The maximum Gasteiger partial charge on any atom is 0.242 e. The highest BCUT2D eigenvalue weighted by molar-refractivity contribution is 5.92. The summed E-state index contributed by atoms with van der Waals surface area (Å²) >= 11 is 0. The lowest BCUT2D eigenvalue weighted by molar-refractivity contribution is -0.131.